The van der Waals surface area contributed by atoms with Crippen molar-refractivity contribution >= 4 is 33.7 Å². The Balaban J connectivity index is 2.26. The molecule has 1 heterocycles. The van der Waals surface area contributed by atoms with Crippen molar-refractivity contribution in [3.8, 4) is 0 Å². The molecular formula is C15H23N3O2S. The quantitative estimate of drug-likeness (QED) is 0.674. The number of nitrogens with two attached hydrogens (primary N) is 2. The second-order valence-corrected chi connectivity index (χ2v) is 7.08. The molecule has 1 amide bonds. The summed E-state index contributed by atoms with van der Waals surface area (Å²) in [4.78, 5) is 24.0. The molecule has 1 aromatic rings. The van der Waals surface area contributed by atoms with Gasteiger partial charge in [-0.25, -0.2) is 0 Å². The highest BCUT2D eigenvalue weighted by atomic mass is 32.1. The number of carbonyl (C=O) groups excluding carboxylic acids is 2. The maximum Gasteiger partial charge on any atom is 0.253 e. The van der Waals surface area contributed by atoms with E-state index in [0.717, 1.165) is 6.54 Å². The Bertz CT molecular complexity index is 574. The maximum atomic E-state index is 11.9. The normalized spacial score (nSPS) is 16.0. The molecule has 0 aromatic carbocycles. The number of ketones is 1. The number of amides is 1. The average Bonchev–Trinajstić information content (AvgIpc) is 3.14. The molecule has 116 valence electrons. The van der Waals surface area contributed by atoms with Gasteiger partial charge in [0.05, 0.1) is 16.1 Å². The first-order chi connectivity index (χ1) is 9.82. The number of nitrogens with one attached hydrogen (secondary N) is 1. The topological polar surface area (TPSA) is 98.2 Å². The molecule has 1 aliphatic carbocycles. The van der Waals surface area contributed by atoms with Crippen LogP contribution in [0.3, 0.4) is 0 Å². The summed E-state index contributed by atoms with van der Waals surface area (Å²) in [6.07, 6.45) is 2.73. The number of nitrogen functional groups attached to an aromatic ring is 1. The number of thiophene rings is 1. The van der Waals surface area contributed by atoms with E-state index in [9.17, 15) is 9.59 Å². The van der Waals surface area contributed by atoms with Crippen LogP contribution in [0.2, 0.25) is 0 Å². The number of Topliss-reactive ketones (excluding diaryl/α,β-unsaturated/α-hetero) is 1. The molecule has 5 nitrogen and oxygen atoms in total. The number of hydrogen-bond donors (Lipinski definition) is 3. The number of rotatable bonds is 7. The Labute approximate surface area is 129 Å². The molecule has 5 N–H and O–H groups in total. The van der Waals surface area contributed by atoms with Crippen LogP contribution in [0, 0.1) is 11.3 Å². The lowest BCUT2D eigenvalue weighted by atomic mass is 9.92. The molecule has 0 saturated heterocycles. The molecule has 0 spiro atoms. The SMILES string of the molecule is CCC(=O)c1sc(NCC2(C(C)C)CC2)c(C(N)=O)c1N. The summed E-state index contributed by atoms with van der Waals surface area (Å²) in [5.74, 6) is -0.0649. The number of primary amides is 1. The zero-order chi connectivity index (χ0) is 15.8. The molecule has 2 rings (SSSR count). The first kappa shape index (κ1) is 15.8. The second kappa shape index (κ2) is 5.67. The largest absolute Gasteiger partial charge is 0.397 e. The van der Waals surface area contributed by atoms with E-state index in [4.69, 9.17) is 11.5 Å². The summed E-state index contributed by atoms with van der Waals surface area (Å²) < 4.78 is 0. The minimum absolute atomic E-state index is 0.0574. The number of hydrogen-bond acceptors (Lipinski definition) is 5. The Kier molecular flexibility index (Phi) is 4.27. The first-order valence-electron chi connectivity index (χ1n) is 7.31. The van der Waals surface area contributed by atoms with E-state index >= 15 is 0 Å². The summed E-state index contributed by atoms with van der Waals surface area (Å²) in [7, 11) is 0. The lowest BCUT2D eigenvalue weighted by molar-refractivity contribution is 0.0991. The molecule has 6 heteroatoms. The Morgan fingerprint density at radius 3 is 2.43 bits per heavy atom. The van der Waals surface area contributed by atoms with Gasteiger partial charge < -0.3 is 16.8 Å². The third kappa shape index (κ3) is 2.90. The molecule has 1 aliphatic rings. The predicted molar refractivity (Wildman–Crippen MR) is 86.9 cm³/mol. The van der Waals surface area contributed by atoms with Gasteiger partial charge in [0.1, 0.15) is 5.00 Å². The monoisotopic (exact) mass is 309 g/mol. The summed E-state index contributed by atoms with van der Waals surface area (Å²) in [5, 5.41) is 3.93. The highest BCUT2D eigenvalue weighted by molar-refractivity contribution is 7.19. The van der Waals surface area contributed by atoms with E-state index in [1.165, 1.54) is 24.2 Å². The third-order valence-corrected chi connectivity index (χ3v) is 5.69. The minimum Gasteiger partial charge on any atom is -0.397 e. The number of carbonyl (C=O) groups is 2. The molecule has 0 aliphatic heterocycles. The van der Waals surface area contributed by atoms with Crippen molar-refractivity contribution in [2.24, 2.45) is 17.1 Å². The van der Waals surface area contributed by atoms with Crippen molar-refractivity contribution in [2.75, 3.05) is 17.6 Å². The van der Waals surface area contributed by atoms with Gasteiger partial charge in [0, 0.05) is 13.0 Å². The van der Waals surface area contributed by atoms with Crippen molar-refractivity contribution < 1.29 is 9.59 Å². The van der Waals surface area contributed by atoms with Crippen LogP contribution in [0.4, 0.5) is 10.7 Å². The van der Waals surface area contributed by atoms with Crippen molar-refractivity contribution in [3.63, 3.8) is 0 Å². The fourth-order valence-corrected chi connectivity index (χ4v) is 3.69. The highest BCUT2D eigenvalue weighted by Gasteiger charge is 2.45. The molecule has 1 aromatic heterocycles. The zero-order valence-corrected chi connectivity index (χ0v) is 13.6. The van der Waals surface area contributed by atoms with Crippen LogP contribution in [0.15, 0.2) is 0 Å². The van der Waals surface area contributed by atoms with Crippen molar-refractivity contribution in [3.05, 3.63) is 10.4 Å². The van der Waals surface area contributed by atoms with E-state index in [-0.39, 0.29) is 17.0 Å². The fraction of sp³-hybridized carbons (Fsp3) is 0.600. The predicted octanol–water partition coefficient (Wildman–Crippen LogP) is 2.87. The van der Waals surface area contributed by atoms with Crippen LogP contribution in [-0.2, 0) is 0 Å². The summed E-state index contributed by atoms with van der Waals surface area (Å²) in [6.45, 7) is 6.97. The van der Waals surface area contributed by atoms with Crippen LogP contribution < -0.4 is 16.8 Å². The number of anilines is 2. The molecule has 1 saturated carbocycles. The molecule has 21 heavy (non-hydrogen) atoms. The lowest BCUT2D eigenvalue weighted by Crippen LogP contribution is -2.22. The summed E-state index contributed by atoms with van der Waals surface area (Å²) in [6, 6.07) is 0. The van der Waals surface area contributed by atoms with Crippen molar-refractivity contribution in [1.29, 1.82) is 0 Å². The van der Waals surface area contributed by atoms with Crippen LogP contribution in [-0.4, -0.2) is 18.2 Å². The standard InChI is InChI=1S/C15H23N3O2S/c1-4-9(19)12-11(16)10(13(17)20)14(21-12)18-7-15(5-6-15)8(2)3/h8,18H,4-7,16H2,1-3H3,(H2,17,20). The van der Waals surface area contributed by atoms with Crippen LogP contribution in [0.1, 0.15) is 60.1 Å². The first-order valence-corrected chi connectivity index (χ1v) is 8.13. The van der Waals surface area contributed by atoms with E-state index in [1.807, 2.05) is 0 Å². The van der Waals surface area contributed by atoms with Gasteiger partial charge in [0.25, 0.3) is 5.91 Å². The van der Waals surface area contributed by atoms with Gasteiger partial charge in [0.15, 0.2) is 5.78 Å². The molecule has 0 unspecified atom stereocenters. The van der Waals surface area contributed by atoms with Gasteiger partial charge in [-0.3, -0.25) is 9.59 Å². The smallest absolute Gasteiger partial charge is 0.253 e. The molecule has 0 radical (unpaired) electrons. The van der Waals surface area contributed by atoms with E-state index in [2.05, 4.69) is 19.2 Å². The van der Waals surface area contributed by atoms with Crippen LogP contribution in [0.5, 0.6) is 0 Å². The fourth-order valence-electron chi connectivity index (χ4n) is 2.56. The summed E-state index contributed by atoms with van der Waals surface area (Å²) in [5.41, 5.74) is 12.1. The van der Waals surface area contributed by atoms with Gasteiger partial charge in [-0.1, -0.05) is 20.8 Å². The van der Waals surface area contributed by atoms with E-state index in [0.29, 0.717) is 27.6 Å². The van der Waals surface area contributed by atoms with Gasteiger partial charge in [-0.05, 0) is 24.2 Å². The molecular weight excluding hydrogens is 286 g/mol. The van der Waals surface area contributed by atoms with E-state index in [1.54, 1.807) is 6.92 Å². The van der Waals surface area contributed by atoms with Crippen molar-refractivity contribution in [2.45, 2.75) is 40.0 Å². The minimum atomic E-state index is -0.587. The third-order valence-electron chi connectivity index (χ3n) is 4.48. The Hall–Kier alpha value is -1.56. The molecule has 0 bridgehead atoms. The highest BCUT2D eigenvalue weighted by Crippen LogP contribution is 2.52. The Morgan fingerprint density at radius 2 is 2.00 bits per heavy atom. The maximum absolute atomic E-state index is 11.9. The molecule has 0 atom stereocenters. The van der Waals surface area contributed by atoms with Gasteiger partial charge in [-0.15, -0.1) is 11.3 Å². The van der Waals surface area contributed by atoms with Crippen molar-refractivity contribution in [1.82, 2.24) is 0 Å². The molecule has 1 fully saturated rings. The lowest BCUT2D eigenvalue weighted by Gasteiger charge is -2.20. The Morgan fingerprint density at radius 1 is 1.38 bits per heavy atom. The van der Waals surface area contributed by atoms with Crippen LogP contribution >= 0.6 is 11.3 Å². The van der Waals surface area contributed by atoms with Gasteiger partial charge in [-0.2, -0.15) is 0 Å². The average molecular weight is 309 g/mol. The summed E-state index contributed by atoms with van der Waals surface area (Å²) >= 11 is 1.24. The van der Waals surface area contributed by atoms with Crippen LogP contribution in [0.25, 0.3) is 0 Å². The van der Waals surface area contributed by atoms with Gasteiger partial charge >= 0.3 is 0 Å². The second-order valence-electron chi connectivity index (χ2n) is 6.06. The van der Waals surface area contributed by atoms with Gasteiger partial charge in [0.2, 0.25) is 0 Å². The van der Waals surface area contributed by atoms with E-state index < -0.39 is 5.91 Å². The zero-order valence-electron chi connectivity index (χ0n) is 12.8.